The van der Waals surface area contributed by atoms with E-state index >= 15 is 0 Å². The fraction of sp³-hybridized carbons (Fsp3) is 0.500. The van der Waals surface area contributed by atoms with Crippen molar-refractivity contribution in [2.45, 2.75) is 52.0 Å². The first-order chi connectivity index (χ1) is 15.8. The summed E-state index contributed by atoms with van der Waals surface area (Å²) in [7, 11) is 0. The predicted molar refractivity (Wildman–Crippen MR) is 128 cm³/mol. The summed E-state index contributed by atoms with van der Waals surface area (Å²) in [5.74, 6) is -0.627. The van der Waals surface area contributed by atoms with Gasteiger partial charge in [-0.05, 0) is 42.4 Å². The summed E-state index contributed by atoms with van der Waals surface area (Å²) in [4.78, 5) is 34.2. The van der Waals surface area contributed by atoms with E-state index in [-0.39, 0.29) is 12.3 Å². The first kappa shape index (κ1) is 24.4. The van der Waals surface area contributed by atoms with Crippen molar-refractivity contribution in [2.24, 2.45) is 5.92 Å². The highest BCUT2D eigenvalue weighted by atomic mass is 16.5. The lowest BCUT2D eigenvalue weighted by Gasteiger charge is -2.38. The van der Waals surface area contributed by atoms with Crippen molar-refractivity contribution in [3.8, 4) is 0 Å². The molecule has 0 saturated carbocycles. The zero-order valence-corrected chi connectivity index (χ0v) is 19.5. The van der Waals surface area contributed by atoms with Gasteiger partial charge in [-0.2, -0.15) is 0 Å². The average Bonchev–Trinajstić information content (AvgIpc) is 2.78. The monoisotopic (exact) mass is 455 g/mol. The number of urea groups is 1. The van der Waals surface area contributed by atoms with Gasteiger partial charge in [0.2, 0.25) is 0 Å². The van der Waals surface area contributed by atoms with E-state index in [2.05, 4.69) is 39.3 Å². The Kier molecular flexibility index (Phi) is 8.59. The lowest BCUT2D eigenvalue weighted by atomic mass is 9.95. The SMILES string of the molecule is CC(C)CN(c1ccc(C(C)CC(=O)O)cc1NC(=O)Nc1cncnc1)C1CCOCC1. The average molecular weight is 456 g/mol. The summed E-state index contributed by atoms with van der Waals surface area (Å²) >= 11 is 0. The summed E-state index contributed by atoms with van der Waals surface area (Å²) in [5, 5.41) is 14.9. The molecular formula is C24H33N5O4. The molecule has 3 rings (SSSR count). The van der Waals surface area contributed by atoms with Gasteiger partial charge >= 0.3 is 12.0 Å². The summed E-state index contributed by atoms with van der Waals surface area (Å²) in [6.07, 6.45) is 6.28. The first-order valence-electron chi connectivity index (χ1n) is 11.4. The number of rotatable bonds is 9. The molecule has 1 aliphatic rings. The van der Waals surface area contributed by atoms with Gasteiger partial charge in [0.25, 0.3) is 0 Å². The molecule has 1 aromatic carbocycles. The fourth-order valence-corrected chi connectivity index (χ4v) is 4.07. The van der Waals surface area contributed by atoms with Crippen LogP contribution in [-0.2, 0) is 9.53 Å². The number of aliphatic carboxylic acids is 1. The van der Waals surface area contributed by atoms with Crippen LogP contribution in [0.2, 0.25) is 0 Å². The Morgan fingerprint density at radius 2 is 1.85 bits per heavy atom. The highest BCUT2D eigenvalue weighted by Crippen LogP contribution is 2.34. The maximum absolute atomic E-state index is 12.8. The molecule has 1 aliphatic heterocycles. The van der Waals surface area contributed by atoms with Gasteiger partial charge in [-0.25, -0.2) is 14.8 Å². The van der Waals surface area contributed by atoms with Crippen LogP contribution >= 0.6 is 0 Å². The predicted octanol–water partition coefficient (Wildman–Crippen LogP) is 4.34. The standard InChI is InChI=1S/C24H33N5O4/c1-16(2)14-29(20-6-8-33-9-7-20)22-5-4-18(17(3)10-23(30)31)11-21(22)28-24(32)27-19-12-25-15-26-13-19/h4-5,11-13,15-17,20H,6-10,14H2,1-3H3,(H,30,31)(H2,27,28,32). The Hall–Kier alpha value is -3.20. The maximum atomic E-state index is 12.8. The molecule has 0 radical (unpaired) electrons. The van der Waals surface area contributed by atoms with Crippen LogP contribution in [0.25, 0.3) is 0 Å². The Bertz CT molecular complexity index is 932. The molecule has 1 atom stereocenters. The Morgan fingerprint density at radius 3 is 2.48 bits per heavy atom. The topological polar surface area (TPSA) is 117 Å². The van der Waals surface area contributed by atoms with Crippen LogP contribution in [0.1, 0.15) is 51.5 Å². The van der Waals surface area contributed by atoms with Gasteiger partial charge in [-0.3, -0.25) is 4.79 Å². The van der Waals surface area contributed by atoms with Gasteiger partial charge in [0, 0.05) is 25.8 Å². The third-order valence-electron chi connectivity index (χ3n) is 5.64. The number of carbonyl (C=O) groups is 2. The third-order valence-corrected chi connectivity index (χ3v) is 5.64. The molecule has 2 heterocycles. The fourth-order valence-electron chi connectivity index (χ4n) is 4.07. The van der Waals surface area contributed by atoms with Crippen molar-refractivity contribution in [2.75, 3.05) is 35.3 Å². The summed E-state index contributed by atoms with van der Waals surface area (Å²) in [6, 6.07) is 5.73. The van der Waals surface area contributed by atoms with Crippen LogP contribution in [0.4, 0.5) is 21.9 Å². The van der Waals surface area contributed by atoms with E-state index in [1.54, 1.807) is 0 Å². The zero-order chi connectivity index (χ0) is 23.8. The lowest BCUT2D eigenvalue weighted by molar-refractivity contribution is -0.137. The first-order valence-corrected chi connectivity index (χ1v) is 11.4. The normalized spacial score (nSPS) is 15.2. The molecule has 1 saturated heterocycles. The van der Waals surface area contributed by atoms with E-state index in [1.165, 1.54) is 18.7 Å². The molecule has 9 heteroatoms. The highest BCUT2D eigenvalue weighted by molar-refractivity contribution is 6.01. The van der Waals surface area contributed by atoms with Crippen LogP contribution in [-0.4, -0.2) is 52.9 Å². The van der Waals surface area contributed by atoms with Crippen molar-refractivity contribution in [3.05, 3.63) is 42.5 Å². The molecule has 0 spiro atoms. The number of hydrogen-bond acceptors (Lipinski definition) is 6. The second kappa shape index (κ2) is 11.6. The van der Waals surface area contributed by atoms with Gasteiger partial charge < -0.3 is 25.4 Å². The van der Waals surface area contributed by atoms with Gasteiger partial charge in [-0.1, -0.05) is 26.8 Å². The van der Waals surface area contributed by atoms with Gasteiger partial charge in [-0.15, -0.1) is 0 Å². The van der Waals surface area contributed by atoms with Crippen molar-refractivity contribution < 1.29 is 19.4 Å². The molecule has 0 aliphatic carbocycles. The van der Waals surface area contributed by atoms with E-state index in [9.17, 15) is 14.7 Å². The summed E-state index contributed by atoms with van der Waals surface area (Å²) in [6.45, 7) is 8.47. The molecular weight excluding hydrogens is 422 g/mol. The van der Waals surface area contributed by atoms with Crippen molar-refractivity contribution in [3.63, 3.8) is 0 Å². The minimum absolute atomic E-state index is 0.0159. The number of benzene rings is 1. The van der Waals surface area contributed by atoms with Gasteiger partial charge in [0.1, 0.15) is 6.33 Å². The number of hydrogen-bond donors (Lipinski definition) is 3. The van der Waals surface area contributed by atoms with Gasteiger partial charge in [0.05, 0.1) is 35.9 Å². The zero-order valence-electron chi connectivity index (χ0n) is 19.5. The van der Waals surface area contributed by atoms with E-state index in [1.807, 2.05) is 25.1 Å². The molecule has 0 bridgehead atoms. The quantitative estimate of drug-likeness (QED) is 0.515. The second-order valence-corrected chi connectivity index (χ2v) is 8.87. The molecule has 1 aromatic heterocycles. The molecule has 3 N–H and O–H groups in total. The molecule has 1 unspecified atom stereocenters. The van der Waals surface area contributed by atoms with E-state index in [4.69, 9.17) is 4.74 Å². The minimum atomic E-state index is -0.855. The molecule has 1 fully saturated rings. The Labute approximate surface area is 194 Å². The maximum Gasteiger partial charge on any atom is 0.323 e. The van der Waals surface area contributed by atoms with Crippen LogP contribution in [0.3, 0.4) is 0 Å². The minimum Gasteiger partial charge on any atom is -0.481 e. The largest absolute Gasteiger partial charge is 0.481 e. The van der Waals surface area contributed by atoms with Gasteiger partial charge in [0.15, 0.2) is 0 Å². The Morgan fingerprint density at radius 1 is 1.15 bits per heavy atom. The molecule has 2 aromatic rings. The molecule has 33 heavy (non-hydrogen) atoms. The molecule has 2 amide bonds. The third kappa shape index (κ3) is 7.15. The number of nitrogens with one attached hydrogen (secondary N) is 2. The number of aromatic nitrogens is 2. The lowest BCUT2D eigenvalue weighted by Crippen LogP contribution is -2.42. The van der Waals surface area contributed by atoms with Crippen molar-refractivity contribution in [1.82, 2.24) is 9.97 Å². The molecule has 178 valence electrons. The number of carbonyl (C=O) groups excluding carboxylic acids is 1. The van der Waals surface area contributed by atoms with Crippen LogP contribution in [0, 0.1) is 5.92 Å². The van der Waals surface area contributed by atoms with Crippen molar-refractivity contribution in [1.29, 1.82) is 0 Å². The number of anilines is 3. The highest BCUT2D eigenvalue weighted by Gasteiger charge is 2.26. The number of nitrogens with zero attached hydrogens (tertiary/aromatic N) is 3. The summed E-state index contributed by atoms with van der Waals surface area (Å²) in [5.41, 5.74) is 2.90. The number of carboxylic acid groups (broad SMARTS) is 1. The molecule has 9 nitrogen and oxygen atoms in total. The number of ether oxygens (including phenoxy) is 1. The van der Waals surface area contributed by atoms with E-state index < -0.39 is 12.0 Å². The van der Waals surface area contributed by atoms with Crippen LogP contribution < -0.4 is 15.5 Å². The number of amides is 2. The van der Waals surface area contributed by atoms with E-state index in [0.29, 0.717) is 36.5 Å². The van der Waals surface area contributed by atoms with E-state index in [0.717, 1.165) is 30.6 Å². The number of carboxylic acids is 1. The van der Waals surface area contributed by atoms with Crippen LogP contribution in [0.15, 0.2) is 36.9 Å². The Balaban J connectivity index is 1.93. The summed E-state index contributed by atoms with van der Waals surface area (Å²) < 4.78 is 5.57. The second-order valence-electron chi connectivity index (χ2n) is 8.87. The van der Waals surface area contributed by atoms with Crippen molar-refractivity contribution >= 4 is 29.1 Å². The van der Waals surface area contributed by atoms with Crippen LogP contribution in [0.5, 0.6) is 0 Å². The smallest absolute Gasteiger partial charge is 0.323 e.